The second kappa shape index (κ2) is 3.80. The molecule has 0 bridgehead atoms. The van der Waals surface area contributed by atoms with Crippen LogP contribution in [0.5, 0.6) is 0 Å². The molecule has 1 saturated carbocycles. The minimum atomic E-state index is -3.50. The summed E-state index contributed by atoms with van der Waals surface area (Å²) in [7, 11) is -3.50. The minimum absolute atomic E-state index is 0.0943. The van der Waals surface area contributed by atoms with Crippen LogP contribution in [-0.2, 0) is 10.0 Å². The van der Waals surface area contributed by atoms with Crippen molar-refractivity contribution < 1.29 is 8.42 Å². The molecule has 6 heteroatoms. The van der Waals surface area contributed by atoms with Gasteiger partial charge in [-0.15, -0.1) is 0 Å². The van der Waals surface area contributed by atoms with Gasteiger partial charge in [0.15, 0.2) is 5.03 Å². The molecular formula is C12H15N3O2S. The molecule has 5 nitrogen and oxygen atoms in total. The van der Waals surface area contributed by atoms with Crippen molar-refractivity contribution in [3.8, 4) is 0 Å². The van der Waals surface area contributed by atoms with E-state index < -0.39 is 10.0 Å². The fourth-order valence-corrected chi connectivity index (χ4v) is 3.46. The summed E-state index contributed by atoms with van der Waals surface area (Å²) in [5, 5.41) is 0.135. The Kier molecular flexibility index (Phi) is 2.46. The van der Waals surface area contributed by atoms with Gasteiger partial charge < -0.3 is 4.40 Å². The fourth-order valence-electron chi connectivity index (χ4n) is 1.98. The average Bonchev–Trinajstić information content (AvgIpc) is 3.02. The van der Waals surface area contributed by atoms with Gasteiger partial charge in [-0.2, -0.15) is 0 Å². The standard InChI is InChI=1S/C12H15N3O2S/c1-8-5-6-15-9(2)13-12(11(15)7-8)18(16,17)14-10-3-4-10/h5-7,10,14H,3-4H2,1-2H3. The highest BCUT2D eigenvalue weighted by Gasteiger charge is 2.30. The van der Waals surface area contributed by atoms with Gasteiger partial charge in [-0.25, -0.2) is 18.1 Å². The molecule has 2 heterocycles. The summed E-state index contributed by atoms with van der Waals surface area (Å²) < 4.78 is 28.9. The van der Waals surface area contributed by atoms with Gasteiger partial charge in [-0.1, -0.05) is 0 Å². The molecule has 0 atom stereocenters. The molecule has 96 valence electrons. The van der Waals surface area contributed by atoms with Gasteiger partial charge in [0.05, 0.1) is 5.52 Å². The molecule has 0 aliphatic heterocycles. The van der Waals surface area contributed by atoms with Crippen LogP contribution in [0, 0.1) is 13.8 Å². The first-order valence-electron chi connectivity index (χ1n) is 5.95. The summed E-state index contributed by atoms with van der Waals surface area (Å²) in [4.78, 5) is 4.20. The number of sulfonamides is 1. The van der Waals surface area contributed by atoms with Crippen molar-refractivity contribution in [2.45, 2.75) is 37.8 Å². The number of aromatic nitrogens is 2. The van der Waals surface area contributed by atoms with Gasteiger partial charge in [0.25, 0.3) is 10.0 Å². The fraction of sp³-hybridized carbons (Fsp3) is 0.417. The number of pyridine rings is 1. The van der Waals surface area contributed by atoms with Crippen molar-refractivity contribution in [3.63, 3.8) is 0 Å². The van der Waals surface area contributed by atoms with Gasteiger partial charge >= 0.3 is 0 Å². The van der Waals surface area contributed by atoms with E-state index in [0.29, 0.717) is 11.3 Å². The summed E-state index contributed by atoms with van der Waals surface area (Å²) in [5.74, 6) is 0.682. The smallest absolute Gasteiger partial charge is 0.260 e. The minimum Gasteiger partial charge on any atom is -0.303 e. The van der Waals surface area contributed by atoms with E-state index in [0.717, 1.165) is 18.4 Å². The van der Waals surface area contributed by atoms with E-state index in [9.17, 15) is 8.42 Å². The predicted octanol–water partition coefficient (Wildman–Crippen LogP) is 1.39. The number of hydrogen-bond acceptors (Lipinski definition) is 3. The summed E-state index contributed by atoms with van der Waals surface area (Å²) in [6.45, 7) is 3.74. The second-order valence-corrected chi connectivity index (χ2v) is 6.45. The van der Waals surface area contributed by atoms with Crippen molar-refractivity contribution in [2.24, 2.45) is 0 Å². The SMILES string of the molecule is Cc1ccn2c(C)nc(S(=O)(=O)NC3CC3)c2c1. The van der Waals surface area contributed by atoms with Gasteiger partial charge in [0.2, 0.25) is 0 Å². The first-order valence-corrected chi connectivity index (χ1v) is 7.43. The van der Waals surface area contributed by atoms with Gasteiger partial charge in [0.1, 0.15) is 5.82 Å². The van der Waals surface area contributed by atoms with Gasteiger partial charge in [-0.05, 0) is 44.4 Å². The largest absolute Gasteiger partial charge is 0.303 e. The Balaban J connectivity index is 2.19. The summed E-state index contributed by atoms with van der Waals surface area (Å²) in [5.41, 5.74) is 1.66. The maximum absolute atomic E-state index is 12.2. The predicted molar refractivity (Wildman–Crippen MR) is 68.0 cm³/mol. The van der Waals surface area contributed by atoms with E-state index >= 15 is 0 Å². The van der Waals surface area contributed by atoms with Crippen LogP contribution < -0.4 is 4.72 Å². The van der Waals surface area contributed by atoms with Crippen molar-refractivity contribution in [1.82, 2.24) is 14.1 Å². The summed E-state index contributed by atoms with van der Waals surface area (Å²) in [6.07, 6.45) is 3.69. The van der Waals surface area contributed by atoms with Gasteiger partial charge in [-0.3, -0.25) is 0 Å². The van der Waals surface area contributed by atoms with Crippen LogP contribution in [0.3, 0.4) is 0 Å². The Morgan fingerprint density at radius 2 is 2.11 bits per heavy atom. The lowest BCUT2D eigenvalue weighted by Crippen LogP contribution is -2.26. The molecule has 1 fully saturated rings. The molecular weight excluding hydrogens is 250 g/mol. The van der Waals surface area contributed by atoms with E-state index in [1.165, 1.54) is 0 Å². The molecule has 1 aliphatic carbocycles. The average molecular weight is 265 g/mol. The Hall–Kier alpha value is -1.40. The van der Waals surface area contributed by atoms with Crippen molar-refractivity contribution in [1.29, 1.82) is 0 Å². The van der Waals surface area contributed by atoms with Crippen LogP contribution in [0.15, 0.2) is 23.4 Å². The van der Waals surface area contributed by atoms with Crippen LogP contribution in [0.4, 0.5) is 0 Å². The maximum Gasteiger partial charge on any atom is 0.260 e. The Labute approximate surface area is 106 Å². The Morgan fingerprint density at radius 3 is 2.78 bits per heavy atom. The first-order chi connectivity index (χ1) is 8.47. The molecule has 0 spiro atoms. The third-order valence-corrected chi connectivity index (χ3v) is 4.55. The van der Waals surface area contributed by atoms with E-state index in [1.54, 1.807) is 11.3 Å². The van der Waals surface area contributed by atoms with E-state index in [1.807, 2.05) is 25.3 Å². The van der Waals surface area contributed by atoms with Crippen LogP contribution in [-0.4, -0.2) is 23.8 Å². The van der Waals surface area contributed by atoms with Crippen LogP contribution in [0.2, 0.25) is 0 Å². The number of rotatable bonds is 3. The molecule has 0 aromatic carbocycles. The number of hydrogen-bond donors (Lipinski definition) is 1. The number of aryl methyl sites for hydroxylation is 2. The lowest BCUT2D eigenvalue weighted by molar-refractivity contribution is 0.578. The van der Waals surface area contributed by atoms with E-state index in [2.05, 4.69) is 9.71 Å². The van der Waals surface area contributed by atoms with Crippen LogP contribution in [0.25, 0.3) is 5.52 Å². The molecule has 1 N–H and O–H groups in total. The van der Waals surface area contributed by atoms with Crippen molar-refractivity contribution in [2.75, 3.05) is 0 Å². The summed E-state index contributed by atoms with van der Waals surface area (Å²) in [6, 6.07) is 3.88. The van der Waals surface area contributed by atoms with E-state index in [4.69, 9.17) is 0 Å². The molecule has 2 aromatic heterocycles. The lowest BCUT2D eigenvalue weighted by Gasteiger charge is -2.03. The molecule has 0 amide bonds. The topological polar surface area (TPSA) is 63.5 Å². The summed E-state index contributed by atoms with van der Waals surface area (Å²) >= 11 is 0. The highest BCUT2D eigenvalue weighted by molar-refractivity contribution is 7.89. The molecule has 18 heavy (non-hydrogen) atoms. The molecule has 1 aliphatic rings. The monoisotopic (exact) mass is 265 g/mol. The molecule has 3 rings (SSSR count). The third-order valence-electron chi connectivity index (χ3n) is 3.10. The third kappa shape index (κ3) is 1.91. The Morgan fingerprint density at radius 1 is 1.39 bits per heavy atom. The highest BCUT2D eigenvalue weighted by atomic mass is 32.2. The molecule has 0 saturated heterocycles. The number of nitrogens with one attached hydrogen (secondary N) is 1. The zero-order chi connectivity index (χ0) is 12.9. The quantitative estimate of drug-likeness (QED) is 0.912. The molecule has 0 unspecified atom stereocenters. The van der Waals surface area contributed by atoms with E-state index in [-0.39, 0.29) is 11.1 Å². The molecule has 0 radical (unpaired) electrons. The van der Waals surface area contributed by atoms with Gasteiger partial charge in [0, 0.05) is 12.2 Å². The second-order valence-electron chi connectivity index (χ2n) is 4.82. The zero-order valence-electron chi connectivity index (χ0n) is 10.3. The lowest BCUT2D eigenvalue weighted by atomic mass is 10.3. The first kappa shape index (κ1) is 11.7. The Bertz CT molecular complexity index is 714. The van der Waals surface area contributed by atoms with Crippen molar-refractivity contribution in [3.05, 3.63) is 29.7 Å². The van der Waals surface area contributed by atoms with Crippen LogP contribution >= 0.6 is 0 Å². The van der Waals surface area contributed by atoms with Crippen LogP contribution in [0.1, 0.15) is 24.2 Å². The maximum atomic E-state index is 12.2. The molecule has 2 aromatic rings. The highest BCUT2D eigenvalue weighted by Crippen LogP contribution is 2.24. The zero-order valence-corrected chi connectivity index (χ0v) is 11.2. The number of imidazole rings is 1. The number of fused-ring (bicyclic) bond motifs is 1. The number of nitrogens with zero attached hydrogens (tertiary/aromatic N) is 2. The van der Waals surface area contributed by atoms with Crippen molar-refractivity contribution >= 4 is 15.5 Å². The normalized spacial score (nSPS) is 16.3.